The molecule has 0 radical (unpaired) electrons. The Hall–Kier alpha value is -2.37. The summed E-state index contributed by atoms with van der Waals surface area (Å²) in [4.78, 5) is 33.8. The van der Waals surface area contributed by atoms with Gasteiger partial charge in [-0.25, -0.2) is 4.79 Å². The van der Waals surface area contributed by atoms with Crippen molar-refractivity contribution in [3.63, 3.8) is 0 Å². The van der Waals surface area contributed by atoms with Gasteiger partial charge in [0.2, 0.25) is 0 Å². The van der Waals surface area contributed by atoms with Gasteiger partial charge in [-0.3, -0.25) is 14.9 Å². The Kier molecular flexibility index (Phi) is 5.05. The van der Waals surface area contributed by atoms with Gasteiger partial charge in [0.25, 0.3) is 5.91 Å². The molecule has 6 heteroatoms. The van der Waals surface area contributed by atoms with Crippen molar-refractivity contribution in [3.8, 4) is 5.75 Å². The average Bonchev–Trinajstić information content (AvgIpc) is 2.37. The van der Waals surface area contributed by atoms with Crippen LogP contribution in [0.3, 0.4) is 0 Å². The molecule has 1 aromatic carbocycles. The van der Waals surface area contributed by atoms with Crippen LogP contribution in [0.2, 0.25) is 0 Å². The summed E-state index contributed by atoms with van der Waals surface area (Å²) in [5, 5.41) is 1.92. The third kappa shape index (κ3) is 4.09. The largest absolute Gasteiger partial charge is 0.480 e. The molecular weight excluding hydrogens is 248 g/mol. The van der Waals surface area contributed by atoms with E-state index in [0.717, 1.165) is 0 Å². The van der Waals surface area contributed by atoms with Crippen LogP contribution in [-0.4, -0.2) is 23.8 Å². The van der Waals surface area contributed by atoms with Gasteiger partial charge < -0.3 is 10.5 Å². The summed E-state index contributed by atoms with van der Waals surface area (Å²) in [5.74, 6) is -0.439. The Morgan fingerprint density at radius 3 is 2.53 bits per heavy atom. The lowest BCUT2D eigenvalue weighted by molar-refractivity contribution is -0.126. The van der Waals surface area contributed by atoms with Crippen molar-refractivity contribution in [3.05, 3.63) is 29.8 Å². The zero-order chi connectivity index (χ0) is 14.4. The first kappa shape index (κ1) is 14.7. The number of Topliss-reactive ketones (excluding diaryl/α,β-unsaturated/α-hetero) is 1. The van der Waals surface area contributed by atoms with Crippen molar-refractivity contribution in [2.24, 2.45) is 5.73 Å². The first-order chi connectivity index (χ1) is 8.95. The maximum absolute atomic E-state index is 11.7. The number of primary amides is 1. The zero-order valence-corrected chi connectivity index (χ0v) is 10.8. The van der Waals surface area contributed by atoms with Gasteiger partial charge in [0.05, 0.1) is 5.56 Å². The summed E-state index contributed by atoms with van der Waals surface area (Å²) in [6.45, 7) is 3.20. The van der Waals surface area contributed by atoms with E-state index < -0.39 is 18.0 Å². The van der Waals surface area contributed by atoms with E-state index in [4.69, 9.17) is 10.5 Å². The van der Waals surface area contributed by atoms with E-state index in [2.05, 4.69) is 0 Å². The molecule has 3 N–H and O–H groups in total. The number of carbonyl (C=O) groups excluding carboxylic acids is 3. The van der Waals surface area contributed by atoms with E-state index in [1.807, 2.05) is 5.32 Å². The van der Waals surface area contributed by atoms with Crippen molar-refractivity contribution in [2.75, 3.05) is 0 Å². The molecule has 1 aromatic rings. The molecule has 19 heavy (non-hydrogen) atoms. The van der Waals surface area contributed by atoms with Crippen LogP contribution in [0, 0.1) is 0 Å². The molecule has 102 valence electrons. The summed E-state index contributed by atoms with van der Waals surface area (Å²) in [5.41, 5.74) is 5.25. The quantitative estimate of drug-likeness (QED) is 0.781. The number of imide groups is 1. The minimum absolute atomic E-state index is 0.0851. The first-order valence-corrected chi connectivity index (χ1v) is 5.84. The number of hydrogen-bond donors (Lipinski definition) is 2. The molecule has 1 atom stereocenters. The number of rotatable bonds is 5. The molecule has 6 nitrogen and oxygen atoms in total. The fourth-order valence-electron chi connectivity index (χ4n) is 1.46. The smallest absolute Gasteiger partial charge is 0.318 e. The molecule has 0 spiro atoms. The van der Waals surface area contributed by atoms with Crippen molar-refractivity contribution >= 4 is 17.7 Å². The molecule has 0 fully saturated rings. The molecule has 1 unspecified atom stereocenters. The van der Waals surface area contributed by atoms with Gasteiger partial charge >= 0.3 is 6.03 Å². The zero-order valence-electron chi connectivity index (χ0n) is 10.8. The van der Waals surface area contributed by atoms with E-state index in [1.54, 1.807) is 31.2 Å². The van der Waals surface area contributed by atoms with Crippen LogP contribution < -0.4 is 15.8 Å². The molecule has 0 saturated carbocycles. The number of ketones is 1. The van der Waals surface area contributed by atoms with Crippen LogP contribution in [0.5, 0.6) is 5.75 Å². The summed E-state index contributed by atoms with van der Waals surface area (Å²) >= 11 is 0. The predicted molar refractivity (Wildman–Crippen MR) is 68.9 cm³/mol. The second-order valence-electron chi connectivity index (χ2n) is 3.89. The van der Waals surface area contributed by atoms with Gasteiger partial charge in [0, 0.05) is 6.42 Å². The van der Waals surface area contributed by atoms with Crippen LogP contribution in [-0.2, 0) is 4.79 Å². The average molecular weight is 264 g/mol. The molecular formula is C13H16N2O4. The minimum atomic E-state index is -0.946. The Bertz CT molecular complexity index is 499. The summed E-state index contributed by atoms with van der Waals surface area (Å²) in [7, 11) is 0. The Balaban J connectivity index is 2.85. The van der Waals surface area contributed by atoms with Crippen molar-refractivity contribution < 1.29 is 19.1 Å². The molecule has 0 aromatic heterocycles. The van der Waals surface area contributed by atoms with E-state index in [0.29, 0.717) is 17.7 Å². The van der Waals surface area contributed by atoms with Crippen LogP contribution in [0.15, 0.2) is 24.3 Å². The van der Waals surface area contributed by atoms with Crippen molar-refractivity contribution in [2.45, 2.75) is 26.4 Å². The number of nitrogens with two attached hydrogens (primary N) is 1. The summed E-state index contributed by atoms with van der Waals surface area (Å²) < 4.78 is 5.39. The number of carbonyl (C=O) groups is 3. The summed E-state index contributed by atoms with van der Waals surface area (Å²) in [6.07, 6.45) is -0.597. The van der Waals surface area contributed by atoms with Crippen LogP contribution >= 0.6 is 0 Å². The molecule has 0 saturated heterocycles. The molecule has 0 heterocycles. The third-order valence-corrected chi connectivity index (χ3v) is 2.43. The number of amides is 3. The second kappa shape index (κ2) is 6.53. The van der Waals surface area contributed by atoms with Gasteiger partial charge in [-0.05, 0) is 19.1 Å². The lowest BCUT2D eigenvalue weighted by Gasteiger charge is -2.15. The van der Waals surface area contributed by atoms with Crippen LogP contribution in [0.4, 0.5) is 4.79 Å². The highest BCUT2D eigenvalue weighted by Gasteiger charge is 2.19. The Labute approximate surface area is 110 Å². The predicted octanol–water partition coefficient (Wildman–Crippen LogP) is 1.24. The lowest BCUT2D eigenvalue weighted by atomic mass is 10.1. The van der Waals surface area contributed by atoms with Gasteiger partial charge in [-0.2, -0.15) is 0 Å². The van der Waals surface area contributed by atoms with Crippen LogP contribution in [0.1, 0.15) is 30.6 Å². The molecule has 3 amide bonds. The van der Waals surface area contributed by atoms with Crippen molar-refractivity contribution in [1.82, 2.24) is 5.32 Å². The van der Waals surface area contributed by atoms with E-state index in [9.17, 15) is 14.4 Å². The number of hydrogen-bond acceptors (Lipinski definition) is 4. The standard InChI is InChI=1S/C13H16N2O4/c1-3-10(16)9-6-4-5-7-11(9)19-8(2)12(17)15-13(14)18/h4-8H,3H2,1-2H3,(H3,14,15,17,18). The van der Waals surface area contributed by atoms with E-state index >= 15 is 0 Å². The van der Waals surface area contributed by atoms with Gasteiger partial charge in [-0.15, -0.1) is 0 Å². The normalized spacial score (nSPS) is 11.5. The highest BCUT2D eigenvalue weighted by molar-refractivity contribution is 5.99. The molecule has 0 aliphatic rings. The van der Waals surface area contributed by atoms with E-state index in [-0.39, 0.29) is 5.78 Å². The number of ether oxygens (including phenoxy) is 1. The third-order valence-electron chi connectivity index (χ3n) is 2.43. The lowest BCUT2D eigenvalue weighted by Crippen LogP contribution is -2.42. The molecule has 1 rings (SSSR count). The van der Waals surface area contributed by atoms with Gasteiger partial charge in [-0.1, -0.05) is 19.1 Å². The highest BCUT2D eigenvalue weighted by atomic mass is 16.5. The maximum atomic E-state index is 11.7. The number of para-hydroxylation sites is 1. The SMILES string of the molecule is CCC(=O)c1ccccc1OC(C)C(=O)NC(N)=O. The number of nitrogens with one attached hydrogen (secondary N) is 1. The number of benzene rings is 1. The molecule has 0 aliphatic carbocycles. The second-order valence-corrected chi connectivity index (χ2v) is 3.89. The van der Waals surface area contributed by atoms with Crippen molar-refractivity contribution in [1.29, 1.82) is 0 Å². The summed E-state index contributed by atoms with van der Waals surface area (Å²) in [6, 6.07) is 5.68. The van der Waals surface area contributed by atoms with Gasteiger partial charge in [0.1, 0.15) is 5.75 Å². The van der Waals surface area contributed by atoms with Gasteiger partial charge in [0.15, 0.2) is 11.9 Å². The van der Waals surface area contributed by atoms with E-state index in [1.165, 1.54) is 6.92 Å². The Morgan fingerprint density at radius 1 is 1.32 bits per heavy atom. The fourth-order valence-corrected chi connectivity index (χ4v) is 1.46. The highest BCUT2D eigenvalue weighted by Crippen LogP contribution is 2.20. The molecule has 0 aliphatic heterocycles. The Morgan fingerprint density at radius 2 is 1.95 bits per heavy atom. The minimum Gasteiger partial charge on any atom is -0.480 e. The first-order valence-electron chi connectivity index (χ1n) is 5.84. The maximum Gasteiger partial charge on any atom is 0.318 e. The van der Waals surface area contributed by atoms with Crippen LogP contribution in [0.25, 0.3) is 0 Å². The monoisotopic (exact) mass is 264 g/mol. The number of urea groups is 1. The fraction of sp³-hybridized carbons (Fsp3) is 0.308. The topological polar surface area (TPSA) is 98.5 Å². The molecule has 0 bridgehead atoms.